The Kier molecular flexibility index (Phi) is 12.6. The first kappa shape index (κ1) is 33.4. The van der Waals surface area contributed by atoms with E-state index in [0.717, 1.165) is 36.8 Å². The third kappa shape index (κ3) is 8.36. The summed E-state index contributed by atoms with van der Waals surface area (Å²) in [6, 6.07) is 19.6. The molecule has 44 heavy (non-hydrogen) atoms. The number of methoxy groups -OCH3 is 1. The van der Waals surface area contributed by atoms with Crippen LogP contribution in [-0.2, 0) is 41.7 Å². The summed E-state index contributed by atoms with van der Waals surface area (Å²) in [5, 5.41) is 2.95. The van der Waals surface area contributed by atoms with Gasteiger partial charge in [0.1, 0.15) is 11.5 Å². The Balaban J connectivity index is 1.55. The van der Waals surface area contributed by atoms with Gasteiger partial charge in [0.05, 0.1) is 26.4 Å². The summed E-state index contributed by atoms with van der Waals surface area (Å²) in [5.74, 6) is -1.48. The molecule has 1 N–H and O–H groups in total. The van der Waals surface area contributed by atoms with E-state index >= 15 is 0 Å². The van der Waals surface area contributed by atoms with Crippen molar-refractivity contribution >= 4 is 17.8 Å². The number of carbonyl (C=O) groups is 3. The fourth-order valence-electron chi connectivity index (χ4n) is 6.39. The highest BCUT2D eigenvalue weighted by Crippen LogP contribution is 2.50. The summed E-state index contributed by atoms with van der Waals surface area (Å²) in [4.78, 5) is 42.6. The summed E-state index contributed by atoms with van der Waals surface area (Å²) in [6.45, 7) is 5.61. The second-order valence-corrected chi connectivity index (χ2v) is 12.0. The number of unbranched alkanes of at least 4 members (excludes halogenated alkanes) is 5. The van der Waals surface area contributed by atoms with Crippen LogP contribution in [0.4, 0.5) is 0 Å². The number of nitrogens with zero attached hydrogens (tertiary/aromatic N) is 1. The molecule has 2 aliphatic rings. The van der Waals surface area contributed by atoms with E-state index in [1.54, 1.807) is 4.90 Å². The molecular formula is C36H48N2O6. The van der Waals surface area contributed by atoms with Crippen LogP contribution < -0.4 is 5.32 Å². The number of fused-ring (bicyclic) bond motifs is 1. The molecule has 4 rings (SSSR count). The predicted octanol–water partition coefficient (Wildman–Crippen LogP) is 5.95. The topological polar surface area (TPSA) is 94.2 Å². The minimum atomic E-state index is -1.20. The largest absolute Gasteiger partial charge is 0.468 e. The van der Waals surface area contributed by atoms with E-state index in [-0.39, 0.29) is 31.3 Å². The average Bonchev–Trinajstić information content (AvgIpc) is 3.04. The fourth-order valence-corrected chi connectivity index (χ4v) is 6.39. The van der Waals surface area contributed by atoms with E-state index in [2.05, 4.69) is 12.2 Å². The number of likely N-dealkylation sites (tertiary alicyclic amines) is 1. The van der Waals surface area contributed by atoms with Gasteiger partial charge in [-0.25, -0.2) is 0 Å². The predicted molar refractivity (Wildman–Crippen MR) is 169 cm³/mol. The van der Waals surface area contributed by atoms with Crippen LogP contribution in [0.1, 0.15) is 76.3 Å². The van der Waals surface area contributed by atoms with Gasteiger partial charge in [-0.05, 0) is 37.0 Å². The lowest BCUT2D eigenvalue weighted by molar-refractivity contribution is -0.178. The maximum Gasteiger partial charge on any atom is 0.320 e. The van der Waals surface area contributed by atoms with Crippen molar-refractivity contribution in [2.75, 3.05) is 20.3 Å². The highest BCUT2D eigenvalue weighted by Gasteiger charge is 2.59. The third-order valence-electron chi connectivity index (χ3n) is 8.79. The van der Waals surface area contributed by atoms with Gasteiger partial charge >= 0.3 is 5.97 Å². The Morgan fingerprint density at radius 3 is 2.32 bits per heavy atom. The lowest BCUT2D eigenvalue weighted by Gasteiger charge is -2.51. The van der Waals surface area contributed by atoms with Crippen LogP contribution in [0, 0.1) is 11.3 Å². The second-order valence-electron chi connectivity index (χ2n) is 12.0. The van der Waals surface area contributed by atoms with Crippen LogP contribution in [0.25, 0.3) is 0 Å². The Bertz CT molecular complexity index is 1250. The van der Waals surface area contributed by atoms with Gasteiger partial charge in [0, 0.05) is 31.1 Å². The first-order chi connectivity index (χ1) is 21.4. The molecule has 2 amide bonds. The molecule has 0 saturated carbocycles. The quantitative estimate of drug-likeness (QED) is 0.188. The van der Waals surface area contributed by atoms with Gasteiger partial charge in [0.25, 0.3) is 0 Å². The van der Waals surface area contributed by atoms with E-state index in [1.165, 1.54) is 20.0 Å². The van der Waals surface area contributed by atoms with Crippen LogP contribution in [0.3, 0.4) is 0 Å². The Hall–Kier alpha value is -3.49. The standard InChI is InChI=1S/C36H48N2O6/c1-4-5-6-7-8-15-20-38-32-22-31(26-43-25-29-18-13-10-14-19-29)44-27(2)36(32,35(41)42-3)23-30(34(38)40)21-33(39)37-24-28-16-11-9-12-17-28/h9-14,16-19,22,27,30-31H,4-8,15,20-21,23-26H2,1-3H3,(H,37,39)/t27-,30+,31-,36+/m1/s1. The van der Waals surface area contributed by atoms with Gasteiger partial charge in [0.2, 0.25) is 11.8 Å². The van der Waals surface area contributed by atoms with E-state index in [4.69, 9.17) is 14.2 Å². The molecule has 238 valence electrons. The molecule has 2 aliphatic heterocycles. The summed E-state index contributed by atoms with van der Waals surface area (Å²) in [6.07, 6.45) is 7.40. The van der Waals surface area contributed by atoms with Crippen molar-refractivity contribution in [3.8, 4) is 0 Å². The molecule has 2 aromatic carbocycles. The van der Waals surface area contributed by atoms with Crippen molar-refractivity contribution in [1.82, 2.24) is 10.2 Å². The lowest BCUT2D eigenvalue weighted by atomic mass is 9.66. The minimum Gasteiger partial charge on any atom is -0.468 e. The lowest BCUT2D eigenvalue weighted by Crippen LogP contribution is -2.60. The molecule has 4 atom stereocenters. The van der Waals surface area contributed by atoms with Crippen molar-refractivity contribution in [3.05, 3.63) is 83.6 Å². The summed E-state index contributed by atoms with van der Waals surface area (Å²) >= 11 is 0. The first-order valence-corrected chi connectivity index (χ1v) is 16.1. The highest BCUT2D eigenvalue weighted by atomic mass is 16.5. The minimum absolute atomic E-state index is 0.0129. The third-order valence-corrected chi connectivity index (χ3v) is 8.79. The highest BCUT2D eigenvalue weighted by molar-refractivity contribution is 5.92. The van der Waals surface area contributed by atoms with Gasteiger partial charge in [-0.2, -0.15) is 0 Å². The maximum atomic E-state index is 14.1. The first-order valence-electron chi connectivity index (χ1n) is 16.1. The van der Waals surface area contributed by atoms with E-state index in [1.807, 2.05) is 73.7 Å². The van der Waals surface area contributed by atoms with Crippen LogP contribution in [0.5, 0.6) is 0 Å². The number of nitrogens with one attached hydrogen (secondary N) is 1. The zero-order valence-corrected chi connectivity index (χ0v) is 26.5. The Morgan fingerprint density at radius 2 is 1.64 bits per heavy atom. The molecule has 2 heterocycles. The van der Waals surface area contributed by atoms with Gasteiger partial charge < -0.3 is 24.4 Å². The van der Waals surface area contributed by atoms with Gasteiger partial charge in [-0.15, -0.1) is 0 Å². The van der Waals surface area contributed by atoms with Crippen molar-refractivity contribution in [2.45, 2.75) is 90.6 Å². The SMILES string of the molecule is CCCCCCCCN1C(=O)[C@@H](CC(=O)NCc2ccccc2)C[C@@]2(C(=O)OC)C1=C[C@H](COCc1ccccc1)O[C@@H]2C. The molecule has 0 radical (unpaired) electrons. The normalized spacial score (nSPS) is 23.1. The van der Waals surface area contributed by atoms with Gasteiger partial charge in [-0.3, -0.25) is 14.4 Å². The van der Waals surface area contributed by atoms with Crippen molar-refractivity contribution in [2.24, 2.45) is 11.3 Å². The molecule has 8 nitrogen and oxygen atoms in total. The Morgan fingerprint density at radius 1 is 0.977 bits per heavy atom. The van der Waals surface area contributed by atoms with E-state index in [0.29, 0.717) is 25.4 Å². The Labute approximate surface area is 262 Å². The zero-order valence-electron chi connectivity index (χ0n) is 26.5. The summed E-state index contributed by atoms with van der Waals surface area (Å²) < 4.78 is 17.8. The fraction of sp³-hybridized carbons (Fsp3) is 0.528. The number of amides is 2. The molecular weight excluding hydrogens is 556 g/mol. The number of hydrogen-bond donors (Lipinski definition) is 1. The molecule has 1 fully saturated rings. The molecule has 2 aromatic rings. The summed E-state index contributed by atoms with van der Waals surface area (Å²) in [5.41, 5.74) is 1.45. The molecule has 0 aromatic heterocycles. The summed E-state index contributed by atoms with van der Waals surface area (Å²) in [7, 11) is 1.37. The van der Waals surface area contributed by atoms with Gasteiger partial charge in [-0.1, -0.05) is 99.7 Å². The maximum absolute atomic E-state index is 14.1. The van der Waals surface area contributed by atoms with Crippen molar-refractivity contribution < 1.29 is 28.6 Å². The van der Waals surface area contributed by atoms with E-state index in [9.17, 15) is 14.4 Å². The second kappa shape index (κ2) is 16.5. The molecule has 1 saturated heterocycles. The smallest absolute Gasteiger partial charge is 0.320 e. The molecule has 0 spiro atoms. The average molecular weight is 605 g/mol. The number of esters is 1. The molecule has 0 aliphatic carbocycles. The number of rotatable bonds is 16. The number of carbonyl (C=O) groups excluding carboxylic acids is 3. The monoisotopic (exact) mass is 604 g/mol. The van der Waals surface area contributed by atoms with Crippen LogP contribution in [0.2, 0.25) is 0 Å². The van der Waals surface area contributed by atoms with Crippen molar-refractivity contribution in [3.63, 3.8) is 0 Å². The van der Waals surface area contributed by atoms with Crippen molar-refractivity contribution in [1.29, 1.82) is 0 Å². The van der Waals surface area contributed by atoms with Gasteiger partial charge in [0.15, 0.2) is 0 Å². The number of ether oxygens (including phenoxy) is 3. The van der Waals surface area contributed by atoms with Crippen LogP contribution in [-0.4, -0.2) is 55.2 Å². The zero-order chi connectivity index (χ0) is 31.4. The molecule has 8 heteroatoms. The molecule has 0 unspecified atom stereocenters. The number of piperidine rings is 1. The molecule has 0 bridgehead atoms. The number of benzene rings is 2. The van der Waals surface area contributed by atoms with E-state index < -0.39 is 29.5 Å². The van der Waals surface area contributed by atoms with Crippen LogP contribution in [0.15, 0.2) is 72.4 Å². The number of hydrogen-bond acceptors (Lipinski definition) is 6. The van der Waals surface area contributed by atoms with Crippen LogP contribution >= 0.6 is 0 Å².